The smallest absolute Gasteiger partial charge is 0.326 e. The molecular formula is C61H69ClF2N18O11. The molecule has 6 aromatic heterocycles. The van der Waals surface area contributed by atoms with Crippen molar-refractivity contribution in [2.24, 2.45) is 0 Å². The Hall–Kier alpha value is -9.39. The molecule has 7 heterocycles. The summed E-state index contributed by atoms with van der Waals surface area (Å²) in [6.07, 6.45) is 6.54. The highest BCUT2D eigenvalue weighted by Gasteiger charge is 2.37. The first-order chi connectivity index (χ1) is 44.9. The lowest BCUT2D eigenvalue weighted by atomic mass is 9.90. The quantitative estimate of drug-likeness (QED) is 0.0257. The maximum atomic E-state index is 15.7. The van der Waals surface area contributed by atoms with Crippen LogP contribution >= 0.6 is 11.6 Å². The van der Waals surface area contributed by atoms with Crippen LogP contribution in [-0.4, -0.2) is 179 Å². The summed E-state index contributed by atoms with van der Waals surface area (Å²) in [5.41, 5.74) is 7.73. The van der Waals surface area contributed by atoms with Crippen molar-refractivity contribution in [3.63, 3.8) is 0 Å². The van der Waals surface area contributed by atoms with Crippen molar-refractivity contribution in [2.45, 2.75) is 76.9 Å². The van der Waals surface area contributed by atoms with Crippen molar-refractivity contribution in [1.29, 1.82) is 5.26 Å². The molecular weight excluding hydrogens is 1230 g/mol. The molecule has 0 radical (unpaired) electrons. The van der Waals surface area contributed by atoms with E-state index in [0.29, 0.717) is 114 Å². The van der Waals surface area contributed by atoms with E-state index in [9.17, 15) is 39.0 Å². The summed E-state index contributed by atoms with van der Waals surface area (Å²) < 4.78 is 60.4. The number of aliphatic hydroxyl groups is 1. The molecule has 9 rings (SSSR count). The van der Waals surface area contributed by atoms with Crippen LogP contribution in [0.15, 0.2) is 78.1 Å². The van der Waals surface area contributed by atoms with Gasteiger partial charge >= 0.3 is 5.97 Å². The number of fused-ring (bicyclic) bond motifs is 2. The number of rotatable bonds is 34. The number of aromatic amines is 1. The molecule has 0 bridgehead atoms. The number of amides is 2. The minimum Gasteiger partial charge on any atom is -0.480 e. The van der Waals surface area contributed by atoms with Crippen LogP contribution < -0.4 is 32.6 Å². The number of carboxylic acid groups (broad SMARTS) is 1. The van der Waals surface area contributed by atoms with Crippen molar-refractivity contribution < 1.29 is 57.1 Å². The molecule has 1 saturated heterocycles. The van der Waals surface area contributed by atoms with Gasteiger partial charge in [0.05, 0.1) is 137 Å². The van der Waals surface area contributed by atoms with Gasteiger partial charge in [0, 0.05) is 73.4 Å². The minimum absolute atomic E-state index is 0.0418. The third kappa shape index (κ3) is 18.9. The third-order valence-electron chi connectivity index (χ3n) is 14.9. The number of nitrogens with zero attached hydrogens (tertiary/aromatic N) is 12. The molecule has 1 aliphatic heterocycles. The van der Waals surface area contributed by atoms with Crippen molar-refractivity contribution >= 4 is 68.9 Å². The number of anilines is 3. The standard InChI is InChI=1S/C61H69ClF2N18O11/c1-36(44-27-38(29-65)3-8-45(44)63)73-53-50(62)37(2)72-48-28-46(64)51(76-52(48)53)40-30-70-59(71-31-40)61(88)11-14-81(15-12-61)16-19-90-20-17-82-34-43(79-80-82)35-93-26-25-92-24-23-91-22-21-89-18-13-67-49(83)10-9-47(58(86)87)75-56(84)39-4-6-41(7-5-39)68-32-42-33-69-55-54(74-42)57(85)78-60(66)77-55/h3-8,27-28,30-31,33-34,36,47,68,88H,9-26,32,35H2,1-2H3,(H,67,83)(H,72,73)(H,75,84)(H,86,87)(H3,66,69,77,78,85)/t36-,47+/m1/s1. The minimum atomic E-state index is -1.30. The van der Waals surface area contributed by atoms with E-state index >= 15 is 4.39 Å². The number of hydrogen-bond acceptors (Lipinski definition) is 24. The zero-order chi connectivity index (χ0) is 65.9. The van der Waals surface area contributed by atoms with Crippen molar-refractivity contribution in [3.8, 4) is 17.3 Å². The number of halogens is 3. The van der Waals surface area contributed by atoms with Crippen LogP contribution in [-0.2, 0) is 58.6 Å². The Kier molecular flexibility index (Phi) is 23.9. The first-order valence-electron chi connectivity index (χ1n) is 29.8. The van der Waals surface area contributed by atoms with Crippen LogP contribution in [0, 0.1) is 29.9 Å². The normalized spacial score (nSPS) is 13.8. The predicted molar refractivity (Wildman–Crippen MR) is 333 cm³/mol. The molecule has 32 heteroatoms. The summed E-state index contributed by atoms with van der Waals surface area (Å²) in [5, 5.41) is 50.7. The fourth-order valence-corrected chi connectivity index (χ4v) is 10.0. The Morgan fingerprint density at radius 1 is 0.849 bits per heavy atom. The number of hydrogen-bond donors (Lipinski definition) is 8. The second-order valence-electron chi connectivity index (χ2n) is 21.6. The van der Waals surface area contributed by atoms with Gasteiger partial charge in [-0.3, -0.25) is 19.4 Å². The number of nitrogens with two attached hydrogens (primary N) is 1. The van der Waals surface area contributed by atoms with Gasteiger partial charge in [0.25, 0.3) is 11.5 Å². The lowest BCUT2D eigenvalue weighted by molar-refractivity contribution is -0.139. The largest absolute Gasteiger partial charge is 0.480 e. The summed E-state index contributed by atoms with van der Waals surface area (Å²) in [4.78, 5) is 84.2. The summed E-state index contributed by atoms with van der Waals surface area (Å²) in [7, 11) is 0. The van der Waals surface area contributed by atoms with Crippen molar-refractivity contribution in [3.05, 3.63) is 140 Å². The number of piperidine rings is 1. The van der Waals surface area contributed by atoms with E-state index in [1.807, 2.05) is 6.07 Å². The van der Waals surface area contributed by atoms with Crippen LogP contribution in [0.1, 0.15) is 83.0 Å². The van der Waals surface area contributed by atoms with Gasteiger partial charge in [-0.2, -0.15) is 10.2 Å². The summed E-state index contributed by atoms with van der Waals surface area (Å²) in [6, 6.07) is 11.6. The Labute approximate surface area is 535 Å². The first kappa shape index (κ1) is 68.0. The van der Waals surface area contributed by atoms with Gasteiger partial charge in [0.1, 0.15) is 34.4 Å². The average molecular weight is 1300 g/mol. The molecule has 29 nitrogen and oxygen atoms in total. The molecule has 490 valence electrons. The second-order valence-corrected chi connectivity index (χ2v) is 22.0. The molecule has 0 unspecified atom stereocenters. The van der Waals surface area contributed by atoms with E-state index in [1.165, 1.54) is 55.0 Å². The van der Waals surface area contributed by atoms with E-state index in [4.69, 9.17) is 41.0 Å². The van der Waals surface area contributed by atoms with Gasteiger partial charge in [-0.05, 0) is 75.6 Å². The van der Waals surface area contributed by atoms with E-state index in [1.54, 1.807) is 36.9 Å². The van der Waals surface area contributed by atoms with Crippen LogP contribution in [0.5, 0.6) is 0 Å². The molecule has 93 heavy (non-hydrogen) atoms. The topological polar surface area (TPSA) is 393 Å². The number of aliphatic carboxylic acids is 1. The molecule has 0 aliphatic carbocycles. The van der Waals surface area contributed by atoms with Crippen LogP contribution in [0.2, 0.25) is 5.02 Å². The molecule has 0 saturated carbocycles. The number of carbonyl (C=O) groups is 3. The molecule has 8 aromatic rings. The van der Waals surface area contributed by atoms with E-state index in [-0.39, 0.29) is 113 Å². The highest BCUT2D eigenvalue weighted by molar-refractivity contribution is 6.35. The fraction of sp³-hybridized carbons (Fsp3) is 0.410. The number of pyridine rings is 2. The molecule has 9 N–H and O–H groups in total. The number of carbonyl (C=O) groups excluding carboxylic acids is 2. The number of likely N-dealkylation sites (tertiary alicyclic amines) is 1. The van der Waals surface area contributed by atoms with Crippen LogP contribution in [0.25, 0.3) is 33.5 Å². The zero-order valence-corrected chi connectivity index (χ0v) is 51.6. The third-order valence-corrected chi connectivity index (χ3v) is 15.4. The maximum absolute atomic E-state index is 15.7. The number of H-pyrrole nitrogens is 1. The number of nitrogen functional groups attached to an aromatic ring is 1. The number of carboxylic acids is 1. The summed E-state index contributed by atoms with van der Waals surface area (Å²) in [6.45, 7) is 9.32. The summed E-state index contributed by atoms with van der Waals surface area (Å²) >= 11 is 6.71. The number of nitrogens with one attached hydrogen (secondary N) is 5. The van der Waals surface area contributed by atoms with Crippen molar-refractivity contribution in [1.82, 2.24) is 70.4 Å². The van der Waals surface area contributed by atoms with Gasteiger partial charge in [-0.15, -0.1) is 5.10 Å². The number of ether oxygens (including phenoxy) is 5. The van der Waals surface area contributed by atoms with Gasteiger partial charge in [0.15, 0.2) is 22.8 Å². The first-order valence-corrected chi connectivity index (χ1v) is 30.1. The molecule has 1 fully saturated rings. The highest BCUT2D eigenvalue weighted by atomic mass is 35.5. The Morgan fingerprint density at radius 2 is 1.55 bits per heavy atom. The van der Waals surface area contributed by atoms with Crippen molar-refractivity contribution in [2.75, 3.05) is 102 Å². The maximum Gasteiger partial charge on any atom is 0.326 e. The van der Waals surface area contributed by atoms with Gasteiger partial charge in [0.2, 0.25) is 11.9 Å². The van der Waals surface area contributed by atoms with E-state index in [0.717, 1.165) is 0 Å². The predicted octanol–water partition coefficient (Wildman–Crippen LogP) is 4.53. The van der Waals surface area contributed by atoms with Gasteiger partial charge in [-0.1, -0.05) is 16.8 Å². The Balaban J connectivity index is 0.568. The lowest BCUT2D eigenvalue weighted by Crippen LogP contribution is -2.44. The van der Waals surface area contributed by atoms with Crippen LogP contribution in [0.4, 0.5) is 26.1 Å². The molecule has 2 amide bonds. The number of nitriles is 1. The second kappa shape index (κ2) is 32.8. The highest BCUT2D eigenvalue weighted by Crippen LogP contribution is 2.37. The molecule has 0 spiro atoms. The molecule has 2 atom stereocenters. The Bertz CT molecular complexity index is 3990. The van der Waals surface area contributed by atoms with Gasteiger partial charge in [-0.25, -0.2) is 48.2 Å². The molecule has 1 aliphatic rings. The number of aryl methyl sites for hydroxylation is 1. The SMILES string of the molecule is Cc1nc2cc(F)c(-c3cnc(C4(O)CCN(CCOCCn5cc(COCCOCCOCCOCCNC(=O)CC[C@H](NC(=O)c6ccc(NCc7cnc8nc(N)[nH]c(=O)c8n7)cc6)C(=O)O)nn5)CC4)nc3)nc2c(N[C@H](C)c2cc(C#N)ccc2F)c1Cl. The zero-order valence-electron chi connectivity index (χ0n) is 50.9. The monoisotopic (exact) mass is 1300 g/mol. The average Bonchev–Trinajstić information content (AvgIpc) is 1.19. The van der Waals surface area contributed by atoms with Crippen LogP contribution in [0.3, 0.4) is 0 Å². The Morgan fingerprint density at radius 3 is 2.27 bits per heavy atom. The van der Waals surface area contributed by atoms with E-state index in [2.05, 4.69) is 76.4 Å². The number of benzene rings is 2. The van der Waals surface area contributed by atoms with Gasteiger partial charge < -0.3 is 65.8 Å². The van der Waals surface area contributed by atoms with E-state index < -0.39 is 52.7 Å². The molecule has 2 aromatic carbocycles. The number of aromatic nitrogens is 11. The summed E-state index contributed by atoms with van der Waals surface area (Å²) in [5.74, 6) is -3.35. The lowest BCUT2D eigenvalue weighted by Gasteiger charge is -2.37. The fourth-order valence-electron chi connectivity index (χ4n) is 9.82.